The summed E-state index contributed by atoms with van der Waals surface area (Å²) in [6.07, 6.45) is 0.607. The van der Waals surface area contributed by atoms with Crippen LogP contribution in [0.25, 0.3) is 0 Å². The summed E-state index contributed by atoms with van der Waals surface area (Å²) >= 11 is 5.41. The molecule has 1 atom stereocenters. The largest absolute Gasteiger partial charge is 0.481 e. The van der Waals surface area contributed by atoms with Crippen molar-refractivity contribution in [1.82, 2.24) is 5.32 Å². The molecule has 82 valence electrons. The molecule has 6 heteroatoms. The number of carbonyl (C=O) groups is 2. The minimum absolute atomic E-state index is 0.0902. The first kappa shape index (κ1) is 13.2. The van der Waals surface area contributed by atoms with Gasteiger partial charge in [0.15, 0.2) is 0 Å². The van der Waals surface area contributed by atoms with Crippen molar-refractivity contribution in [3.63, 3.8) is 0 Å². The number of nitrogens with one attached hydrogen (secondary N) is 1. The van der Waals surface area contributed by atoms with Crippen LogP contribution in [0.3, 0.4) is 0 Å². The van der Waals surface area contributed by atoms with Crippen LogP contribution in [0.15, 0.2) is 0 Å². The second kappa shape index (κ2) is 7.58. The van der Waals surface area contributed by atoms with Crippen LogP contribution in [0.1, 0.15) is 19.3 Å². The fourth-order valence-corrected chi connectivity index (χ4v) is 1.06. The fraction of sp³-hybridized carbons (Fsp3) is 0.750. The molecule has 0 heterocycles. The molecule has 5 nitrogen and oxygen atoms in total. The van der Waals surface area contributed by atoms with Crippen LogP contribution in [-0.2, 0) is 9.59 Å². The lowest BCUT2D eigenvalue weighted by Crippen LogP contribution is -2.37. The number of hydrogen-bond donors (Lipinski definition) is 3. The number of alkyl halides is 1. The molecule has 0 radical (unpaired) electrons. The highest BCUT2D eigenvalue weighted by atomic mass is 35.5. The number of hydrogen-bond acceptors (Lipinski definition) is 3. The zero-order chi connectivity index (χ0) is 11.0. The molecule has 0 amide bonds. The summed E-state index contributed by atoms with van der Waals surface area (Å²) in [5.74, 6) is -1.56. The minimum Gasteiger partial charge on any atom is -0.481 e. The first-order valence-corrected chi connectivity index (χ1v) is 4.85. The molecule has 0 saturated carbocycles. The van der Waals surface area contributed by atoms with Crippen molar-refractivity contribution in [1.29, 1.82) is 0 Å². The summed E-state index contributed by atoms with van der Waals surface area (Å²) in [5, 5.41) is 19.8. The molecular formula is C8H14ClNO4. The van der Waals surface area contributed by atoms with Gasteiger partial charge in [-0.15, -0.1) is 11.6 Å². The second-order valence-electron chi connectivity index (χ2n) is 2.82. The lowest BCUT2D eigenvalue weighted by Gasteiger charge is -2.12. The zero-order valence-electron chi connectivity index (χ0n) is 7.70. The molecule has 0 bridgehead atoms. The van der Waals surface area contributed by atoms with Gasteiger partial charge in [0, 0.05) is 12.3 Å². The molecule has 0 aliphatic rings. The summed E-state index contributed by atoms with van der Waals surface area (Å²) in [6, 6.07) is -0.797. The molecule has 0 aromatic carbocycles. The van der Waals surface area contributed by atoms with Crippen molar-refractivity contribution in [2.45, 2.75) is 25.3 Å². The van der Waals surface area contributed by atoms with E-state index in [0.717, 1.165) is 0 Å². The van der Waals surface area contributed by atoms with Gasteiger partial charge in [0.25, 0.3) is 0 Å². The normalized spacial score (nSPS) is 12.4. The van der Waals surface area contributed by atoms with E-state index in [9.17, 15) is 9.59 Å². The van der Waals surface area contributed by atoms with Crippen LogP contribution in [-0.4, -0.2) is 40.6 Å². The van der Waals surface area contributed by atoms with E-state index in [-0.39, 0.29) is 12.8 Å². The van der Waals surface area contributed by atoms with E-state index < -0.39 is 18.0 Å². The smallest absolute Gasteiger partial charge is 0.320 e. The van der Waals surface area contributed by atoms with Gasteiger partial charge < -0.3 is 15.5 Å². The summed E-state index contributed by atoms with van der Waals surface area (Å²) in [4.78, 5) is 20.8. The molecule has 0 aromatic rings. The Morgan fingerprint density at radius 3 is 2.43 bits per heavy atom. The quantitative estimate of drug-likeness (QED) is 0.413. The van der Waals surface area contributed by atoms with Crippen LogP contribution in [0.2, 0.25) is 0 Å². The van der Waals surface area contributed by atoms with Crippen molar-refractivity contribution in [2.75, 3.05) is 12.4 Å². The molecule has 0 aliphatic heterocycles. The van der Waals surface area contributed by atoms with Crippen molar-refractivity contribution in [3.8, 4) is 0 Å². The zero-order valence-corrected chi connectivity index (χ0v) is 8.46. The summed E-state index contributed by atoms with van der Waals surface area (Å²) in [6.45, 7) is 0.486. The number of carboxylic acids is 2. The van der Waals surface area contributed by atoms with E-state index >= 15 is 0 Å². The topological polar surface area (TPSA) is 86.6 Å². The van der Waals surface area contributed by atoms with E-state index in [1.165, 1.54) is 0 Å². The van der Waals surface area contributed by atoms with Crippen molar-refractivity contribution in [3.05, 3.63) is 0 Å². The van der Waals surface area contributed by atoms with Crippen molar-refractivity contribution in [2.24, 2.45) is 0 Å². The van der Waals surface area contributed by atoms with Gasteiger partial charge in [0.2, 0.25) is 0 Å². The van der Waals surface area contributed by atoms with Gasteiger partial charge in [0.1, 0.15) is 6.04 Å². The maximum Gasteiger partial charge on any atom is 0.320 e. The molecule has 3 N–H and O–H groups in total. The third kappa shape index (κ3) is 6.68. The molecule has 0 spiro atoms. The number of halogens is 1. The van der Waals surface area contributed by atoms with Gasteiger partial charge in [0.05, 0.1) is 0 Å². The maximum absolute atomic E-state index is 10.6. The third-order valence-electron chi connectivity index (χ3n) is 1.65. The summed E-state index contributed by atoms with van der Waals surface area (Å²) in [5.41, 5.74) is 0. The van der Waals surface area contributed by atoms with Crippen LogP contribution in [0.5, 0.6) is 0 Å². The first-order chi connectivity index (χ1) is 6.57. The number of carboxylic acid groups (broad SMARTS) is 2. The van der Waals surface area contributed by atoms with Gasteiger partial charge in [-0.1, -0.05) is 0 Å². The predicted octanol–water partition coefficient (Wildman–Crippen LogP) is 0.523. The van der Waals surface area contributed by atoms with Crippen molar-refractivity contribution < 1.29 is 19.8 Å². The van der Waals surface area contributed by atoms with Gasteiger partial charge in [-0.2, -0.15) is 0 Å². The van der Waals surface area contributed by atoms with Gasteiger partial charge in [-0.3, -0.25) is 9.59 Å². The van der Waals surface area contributed by atoms with E-state index in [2.05, 4.69) is 5.32 Å². The second-order valence-corrected chi connectivity index (χ2v) is 3.20. The number of aliphatic carboxylic acids is 2. The highest BCUT2D eigenvalue weighted by Crippen LogP contribution is 1.98. The Hall–Kier alpha value is -0.810. The monoisotopic (exact) mass is 223 g/mol. The Balaban J connectivity index is 3.78. The van der Waals surface area contributed by atoms with Gasteiger partial charge >= 0.3 is 11.9 Å². The molecule has 0 rings (SSSR count). The highest BCUT2D eigenvalue weighted by Gasteiger charge is 2.17. The molecule has 0 unspecified atom stereocenters. The Kier molecular flexibility index (Phi) is 7.14. The SMILES string of the molecule is O=C(O)CC[C@@H](NCCCCl)C(=O)O. The summed E-state index contributed by atoms with van der Waals surface area (Å²) < 4.78 is 0. The van der Waals surface area contributed by atoms with E-state index in [1.54, 1.807) is 0 Å². The first-order valence-electron chi connectivity index (χ1n) is 4.32. The summed E-state index contributed by atoms with van der Waals surface area (Å²) in [7, 11) is 0. The van der Waals surface area contributed by atoms with Crippen LogP contribution in [0, 0.1) is 0 Å². The van der Waals surface area contributed by atoms with Crippen LogP contribution in [0.4, 0.5) is 0 Å². The van der Waals surface area contributed by atoms with Gasteiger partial charge in [-0.25, -0.2) is 0 Å². The third-order valence-corrected chi connectivity index (χ3v) is 1.91. The Morgan fingerprint density at radius 2 is 2.00 bits per heavy atom. The molecule has 0 saturated heterocycles. The van der Waals surface area contributed by atoms with Crippen LogP contribution < -0.4 is 5.32 Å². The lowest BCUT2D eigenvalue weighted by atomic mass is 10.1. The molecule has 0 aromatic heterocycles. The number of rotatable bonds is 8. The molecular weight excluding hydrogens is 210 g/mol. The lowest BCUT2D eigenvalue weighted by molar-refractivity contribution is -0.140. The Bertz CT molecular complexity index is 198. The van der Waals surface area contributed by atoms with Crippen LogP contribution >= 0.6 is 11.6 Å². The molecule has 14 heavy (non-hydrogen) atoms. The van der Waals surface area contributed by atoms with Crippen molar-refractivity contribution >= 4 is 23.5 Å². The van der Waals surface area contributed by atoms with E-state index in [1.807, 2.05) is 0 Å². The average Bonchev–Trinajstić information content (AvgIpc) is 2.10. The van der Waals surface area contributed by atoms with E-state index in [0.29, 0.717) is 18.8 Å². The highest BCUT2D eigenvalue weighted by molar-refractivity contribution is 6.17. The van der Waals surface area contributed by atoms with E-state index in [4.69, 9.17) is 21.8 Å². The average molecular weight is 224 g/mol. The fourth-order valence-electron chi connectivity index (χ4n) is 0.924. The maximum atomic E-state index is 10.6. The van der Waals surface area contributed by atoms with Gasteiger partial charge in [-0.05, 0) is 19.4 Å². The molecule has 0 aliphatic carbocycles. The molecule has 0 fully saturated rings. The Morgan fingerprint density at radius 1 is 1.36 bits per heavy atom. The Labute approximate surface area is 87.1 Å². The standard InChI is InChI=1S/C8H14ClNO4/c9-4-1-5-10-6(8(13)14)2-3-7(11)12/h6,10H,1-5H2,(H,11,12)(H,13,14)/t6-/m1/s1. The predicted molar refractivity (Wildman–Crippen MR) is 51.6 cm³/mol. The minimum atomic E-state index is -1.03.